The molecule has 0 aliphatic carbocycles. The van der Waals surface area contributed by atoms with Crippen LogP contribution in [0.1, 0.15) is 24.1 Å². The van der Waals surface area contributed by atoms with E-state index >= 15 is 0 Å². The number of nitrogens with one attached hydrogen (secondary N) is 1. The Hall–Kier alpha value is -0.710. The Kier molecular flexibility index (Phi) is 5.55. The molecule has 0 saturated heterocycles. The molecule has 0 fully saturated rings. The number of pyridine rings is 1. The van der Waals surface area contributed by atoms with Crippen LogP contribution >= 0.6 is 31.9 Å². The Morgan fingerprint density at radius 3 is 2.68 bits per heavy atom. The summed E-state index contributed by atoms with van der Waals surface area (Å²) in [6.45, 7) is 3.07. The fourth-order valence-electron chi connectivity index (χ4n) is 2.08. The molecule has 0 radical (unpaired) electrons. The van der Waals surface area contributed by atoms with Crippen molar-refractivity contribution in [2.24, 2.45) is 0 Å². The van der Waals surface area contributed by atoms with E-state index in [0.717, 1.165) is 21.9 Å². The van der Waals surface area contributed by atoms with Crippen LogP contribution in [0.2, 0.25) is 0 Å². The molecule has 0 spiro atoms. The minimum absolute atomic E-state index is 0.304. The molecule has 1 unspecified atom stereocenters. The van der Waals surface area contributed by atoms with Gasteiger partial charge in [0, 0.05) is 27.4 Å². The number of rotatable bonds is 5. The van der Waals surface area contributed by atoms with Crippen molar-refractivity contribution in [2.45, 2.75) is 19.4 Å². The zero-order chi connectivity index (χ0) is 13.7. The van der Waals surface area contributed by atoms with Crippen LogP contribution in [0.3, 0.4) is 0 Å². The Labute approximate surface area is 130 Å². The van der Waals surface area contributed by atoms with Crippen LogP contribution in [-0.2, 0) is 6.42 Å². The summed E-state index contributed by atoms with van der Waals surface area (Å²) in [6, 6.07) is 10.9. The van der Waals surface area contributed by atoms with Crippen molar-refractivity contribution in [2.75, 3.05) is 6.54 Å². The number of benzene rings is 1. The molecule has 0 aliphatic rings. The van der Waals surface area contributed by atoms with Gasteiger partial charge in [-0.3, -0.25) is 4.98 Å². The fraction of sp³-hybridized carbons (Fsp3) is 0.267. The molecule has 4 heteroatoms. The standard InChI is InChI=1S/C15H16Br2N2/c1-2-19-15(12-4-3-5-13(16)8-12)7-11-6-14(17)10-18-9-11/h3-6,8-10,15,19H,2,7H2,1H3. The summed E-state index contributed by atoms with van der Waals surface area (Å²) in [5, 5.41) is 3.53. The molecule has 0 aliphatic heterocycles. The van der Waals surface area contributed by atoms with Gasteiger partial charge in [0.15, 0.2) is 0 Å². The molecule has 0 saturated carbocycles. The second kappa shape index (κ2) is 7.17. The van der Waals surface area contributed by atoms with Gasteiger partial charge < -0.3 is 5.32 Å². The van der Waals surface area contributed by atoms with Gasteiger partial charge in [-0.25, -0.2) is 0 Å². The molecule has 19 heavy (non-hydrogen) atoms. The van der Waals surface area contributed by atoms with Gasteiger partial charge in [-0.15, -0.1) is 0 Å². The second-order valence-electron chi connectivity index (χ2n) is 4.38. The summed E-state index contributed by atoms with van der Waals surface area (Å²) in [4.78, 5) is 4.22. The summed E-state index contributed by atoms with van der Waals surface area (Å²) >= 11 is 7.00. The maximum absolute atomic E-state index is 4.22. The van der Waals surface area contributed by atoms with Gasteiger partial charge in [-0.2, -0.15) is 0 Å². The van der Waals surface area contributed by atoms with Crippen LogP contribution in [0.15, 0.2) is 51.7 Å². The highest BCUT2D eigenvalue weighted by atomic mass is 79.9. The first-order chi connectivity index (χ1) is 9.19. The third kappa shape index (κ3) is 4.41. The van der Waals surface area contributed by atoms with E-state index in [1.165, 1.54) is 11.1 Å². The Balaban J connectivity index is 2.21. The van der Waals surface area contributed by atoms with Crippen LogP contribution in [0.4, 0.5) is 0 Å². The summed E-state index contributed by atoms with van der Waals surface area (Å²) in [7, 11) is 0. The zero-order valence-electron chi connectivity index (χ0n) is 10.7. The molecule has 2 rings (SSSR count). The molecule has 1 aromatic carbocycles. The van der Waals surface area contributed by atoms with Crippen molar-refractivity contribution in [3.05, 3.63) is 62.8 Å². The Morgan fingerprint density at radius 2 is 2.00 bits per heavy atom. The van der Waals surface area contributed by atoms with Crippen molar-refractivity contribution >= 4 is 31.9 Å². The third-order valence-corrected chi connectivity index (χ3v) is 3.83. The van der Waals surface area contributed by atoms with Gasteiger partial charge >= 0.3 is 0 Å². The largest absolute Gasteiger partial charge is 0.310 e. The fourth-order valence-corrected chi connectivity index (χ4v) is 2.91. The second-order valence-corrected chi connectivity index (χ2v) is 6.21. The molecule has 0 amide bonds. The van der Waals surface area contributed by atoms with E-state index in [0.29, 0.717) is 6.04 Å². The van der Waals surface area contributed by atoms with Crippen molar-refractivity contribution in [1.82, 2.24) is 10.3 Å². The van der Waals surface area contributed by atoms with Crippen molar-refractivity contribution < 1.29 is 0 Å². The number of likely N-dealkylation sites (N-methyl/N-ethyl adjacent to an activating group) is 1. The highest BCUT2D eigenvalue weighted by Gasteiger charge is 2.11. The average molecular weight is 384 g/mol. The number of aromatic nitrogens is 1. The lowest BCUT2D eigenvalue weighted by molar-refractivity contribution is 0.549. The van der Waals surface area contributed by atoms with E-state index < -0.39 is 0 Å². The van der Waals surface area contributed by atoms with Gasteiger partial charge in [0.1, 0.15) is 0 Å². The summed E-state index contributed by atoms with van der Waals surface area (Å²) in [5.41, 5.74) is 2.51. The molecule has 100 valence electrons. The van der Waals surface area contributed by atoms with Crippen LogP contribution in [0.5, 0.6) is 0 Å². The van der Waals surface area contributed by atoms with Crippen molar-refractivity contribution in [1.29, 1.82) is 0 Å². The molecular weight excluding hydrogens is 368 g/mol. The maximum atomic E-state index is 4.22. The highest BCUT2D eigenvalue weighted by molar-refractivity contribution is 9.10. The summed E-state index contributed by atoms with van der Waals surface area (Å²) < 4.78 is 2.13. The number of hydrogen-bond donors (Lipinski definition) is 1. The molecule has 1 N–H and O–H groups in total. The first kappa shape index (κ1) is 14.7. The lowest BCUT2D eigenvalue weighted by Crippen LogP contribution is -2.23. The van der Waals surface area contributed by atoms with E-state index in [-0.39, 0.29) is 0 Å². The van der Waals surface area contributed by atoms with Gasteiger partial charge in [0.2, 0.25) is 0 Å². The normalized spacial score (nSPS) is 12.4. The number of halogens is 2. The quantitative estimate of drug-likeness (QED) is 0.822. The molecule has 2 aromatic rings. The van der Waals surface area contributed by atoms with Crippen molar-refractivity contribution in [3.63, 3.8) is 0 Å². The van der Waals surface area contributed by atoms with Crippen LogP contribution < -0.4 is 5.32 Å². The molecule has 0 bridgehead atoms. The number of hydrogen-bond acceptors (Lipinski definition) is 2. The predicted molar refractivity (Wildman–Crippen MR) is 86.2 cm³/mol. The highest BCUT2D eigenvalue weighted by Crippen LogP contribution is 2.22. The first-order valence-corrected chi connectivity index (χ1v) is 7.86. The van der Waals surface area contributed by atoms with E-state index in [2.05, 4.69) is 73.3 Å². The third-order valence-electron chi connectivity index (χ3n) is 2.90. The summed E-state index contributed by atoms with van der Waals surface area (Å²) in [6.07, 6.45) is 4.66. The maximum Gasteiger partial charge on any atom is 0.0410 e. The zero-order valence-corrected chi connectivity index (χ0v) is 13.9. The lowest BCUT2D eigenvalue weighted by Gasteiger charge is -2.18. The SMILES string of the molecule is CCNC(Cc1cncc(Br)c1)c1cccc(Br)c1. The van der Waals surface area contributed by atoms with Gasteiger partial charge in [-0.05, 0) is 58.2 Å². The molecule has 1 atom stereocenters. The van der Waals surface area contributed by atoms with Gasteiger partial charge in [-0.1, -0.05) is 35.0 Å². The van der Waals surface area contributed by atoms with Crippen LogP contribution in [0.25, 0.3) is 0 Å². The Bertz CT molecular complexity index is 543. The van der Waals surface area contributed by atoms with Crippen molar-refractivity contribution in [3.8, 4) is 0 Å². The predicted octanol–water partition coefficient (Wildman–Crippen LogP) is 4.50. The molecule has 1 heterocycles. The smallest absolute Gasteiger partial charge is 0.0410 e. The minimum atomic E-state index is 0.304. The summed E-state index contributed by atoms with van der Waals surface area (Å²) in [5.74, 6) is 0. The van der Waals surface area contributed by atoms with E-state index in [9.17, 15) is 0 Å². The average Bonchev–Trinajstić information content (AvgIpc) is 2.38. The Morgan fingerprint density at radius 1 is 1.16 bits per heavy atom. The topological polar surface area (TPSA) is 24.9 Å². The molecule has 1 aromatic heterocycles. The molecule has 2 nitrogen and oxygen atoms in total. The van der Waals surface area contributed by atoms with Gasteiger partial charge in [0.25, 0.3) is 0 Å². The van der Waals surface area contributed by atoms with Gasteiger partial charge in [0.05, 0.1) is 0 Å². The van der Waals surface area contributed by atoms with E-state index in [4.69, 9.17) is 0 Å². The van der Waals surface area contributed by atoms with E-state index in [1.807, 2.05) is 18.5 Å². The monoisotopic (exact) mass is 382 g/mol. The number of nitrogens with zero attached hydrogens (tertiary/aromatic N) is 1. The first-order valence-electron chi connectivity index (χ1n) is 6.27. The minimum Gasteiger partial charge on any atom is -0.310 e. The molecular formula is C15H16Br2N2. The van der Waals surface area contributed by atoms with Crippen LogP contribution in [-0.4, -0.2) is 11.5 Å². The van der Waals surface area contributed by atoms with E-state index in [1.54, 1.807) is 0 Å². The van der Waals surface area contributed by atoms with Crippen LogP contribution in [0, 0.1) is 0 Å². The lowest BCUT2D eigenvalue weighted by atomic mass is 10.00.